The van der Waals surface area contributed by atoms with Crippen LogP contribution in [0.3, 0.4) is 0 Å². The molecule has 0 rings (SSSR count). The normalized spacial score (nSPS) is 15.7. The van der Waals surface area contributed by atoms with Crippen molar-refractivity contribution in [3.05, 3.63) is 0 Å². The topological polar surface area (TPSA) is 27.7 Å². The summed E-state index contributed by atoms with van der Waals surface area (Å²) in [7, 11) is -0.921. The first-order valence-corrected chi connectivity index (χ1v) is 7.19. The lowest BCUT2D eigenvalue weighted by atomic mass is 10.9. The van der Waals surface area contributed by atoms with Gasteiger partial charge in [0.25, 0.3) is 0 Å². The second-order valence-corrected chi connectivity index (χ2v) is 5.90. The van der Waals surface area contributed by atoms with E-state index in [1.165, 1.54) is 0 Å². The second-order valence-electron chi connectivity index (χ2n) is 2.30. The van der Waals surface area contributed by atoms with Crippen LogP contribution >= 0.6 is 23.2 Å². The molecule has 0 amide bonds. The molecule has 0 bridgehead atoms. The van der Waals surface area contributed by atoms with Gasteiger partial charge in [0.05, 0.1) is 6.61 Å². The molecule has 0 aromatic rings. The minimum Gasteiger partial charge on any atom is -0.377 e. The summed E-state index contributed by atoms with van der Waals surface area (Å²) >= 11 is 11.2. The monoisotopic (exact) mass is 246 g/mol. The van der Waals surface area contributed by atoms with Gasteiger partial charge in [0.1, 0.15) is 0 Å². The first-order chi connectivity index (χ1) is 6.24. The van der Waals surface area contributed by atoms with Crippen LogP contribution < -0.4 is 0 Å². The number of halogens is 2. The van der Waals surface area contributed by atoms with Crippen LogP contribution in [0.4, 0.5) is 0 Å². The van der Waals surface area contributed by atoms with E-state index in [4.69, 9.17) is 36.5 Å². The molecule has 0 aliphatic rings. The van der Waals surface area contributed by atoms with Gasteiger partial charge in [-0.15, -0.1) is 23.2 Å². The van der Waals surface area contributed by atoms with Crippen molar-refractivity contribution in [3.8, 4) is 0 Å². The van der Waals surface area contributed by atoms with Gasteiger partial charge in [0, 0.05) is 31.5 Å². The molecule has 1 atom stereocenters. The van der Waals surface area contributed by atoms with E-state index in [2.05, 4.69) is 0 Å². The number of rotatable bonds is 8. The Bertz CT molecular complexity index is 120. The standard InChI is InChI=1S/C7H16Cl2O3Si/c1-3-11-13(10-2,7-5-9)12-6-4-8/h3-7H2,1-2H3. The molecule has 0 radical (unpaired) electrons. The molecule has 0 aromatic carbocycles. The zero-order chi connectivity index (χ0) is 10.2. The first-order valence-electron chi connectivity index (χ1n) is 4.19. The van der Waals surface area contributed by atoms with Crippen LogP contribution in [0.15, 0.2) is 0 Å². The number of alkyl halides is 2. The van der Waals surface area contributed by atoms with Crippen LogP contribution in [-0.4, -0.2) is 40.9 Å². The lowest BCUT2D eigenvalue weighted by Crippen LogP contribution is -2.45. The van der Waals surface area contributed by atoms with Crippen molar-refractivity contribution in [3.63, 3.8) is 0 Å². The Morgan fingerprint density at radius 2 is 1.85 bits per heavy atom. The van der Waals surface area contributed by atoms with Crippen LogP contribution in [0.5, 0.6) is 0 Å². The van der Waals surface area contributed by atoms with Crippen molar-refractivity contribution in [1.82, 2.24) is 0 Å². The van der Waals surface area contributed by atoms with Crippen LogP contribution in [0.2, 0.25) is 6.04 Å². The predicted octanol–water partition coefficient (Wildman–Crippen LogP) is 2.10. The fourth-order valence-corrected chi connectivity index (χ4v) is 3.73. The van der Waals surface area contributed by atoms with E-state index in [0.29, 0.717) is 31.0 Å². The third-order valence-electron chi connectivity index (χ3n) is 1.48. The van der Waals surface area contributed by atoms with Crippen molar-refractivity contribution < 1.29 is 13.3 Å². The van der Waals surface area contributed by atoms with E-state index in [1.54, 1.807) is 7.11 Å². The lowest BCUT2D eigenvalue weighted by molar-refractivity contribution is 0.0888. The summed E-state index contributed by atoms with van der Waals surface area (Å²) in [5.41, 5.74) is 0. The highest BCUT2D eigenvalue weighted by Crippen LogP contribution is 2.15. The fraction of sp³-hybridized carbons (Fsp3) is 1.00. The third-order valence-corrected chi connectivity index (χ3v) is 4.99. The maximum absolute atomic E-state index is 5.64. The average Bonchev–Trinajstić information content (AvgIpc) is 2.15. The Morgan fingerprint density at radius 1 is 1.15 bits per heavy atom. The minimum atomic E-state index is -2.51. The Kier molecular flexibility index (Phi) is 8.44. The van der Waals surface area contributed by atoms with Crippen molar-refractivity contribution in [2.45, 2.75) is 13.0 Å². The molecule has 0 aliphatic heterocycles. The SMILES string of the molecule is CCO[Si](CCCl)(OC)OCCCl. The van der Waals surface area contributed by atoms with E-state index >= 15 is 0 Å². The molecule has 0 N–H and O–H groups in total. The Hall–Kier alpha value is 0.677. The zero-order valence-corrected chi connectivity index (χ0v) is 10.5. The number of hydrogen-bond acceptors (Lipinski definition) is 3. The van der Waals surface area contributed by atoms with Crippen LogP contribution in [0.1, 0.15) is 6.92 Å². The van der Waals surface area contributed by atoms with Crippen molar-refractivity contribution >= 4 is 32.0 Å². The summed E-state index contributed by atoms with van der Waals surface area (Å²) in [4.78, 5) is 0. The highest BCUT2D eigenvalue weighted by molar-refractivity contribution is 6.61. The zero-order valence-electron chi connectivity index (χ0n) is 8.02. The maximum atomic E-state index is 5.64. The molecule has 0 aromatic heterocycles. The summed E-state index contributed by atoms with van der Waals surface area (Å²) in [6, 6.07) is 0.621. The smallest absolute Gasteiger partial charge is 0.377 e. The molecule has 0 saturated heterocycles. The fourth-order valence-electron chi connectivity index (χ4n) is 0.936. The van der Waals surface area contributed by atoms with Crippen LogP contribution in [-0.2, 0) is 13.3 Å². The summed E-state index contributed by atoms with van der Waals surface area (Å²) in [6.07, 6.45) is 0. The molecule has 1 unspecified atom stereocenters. The molecule has 6 heteroatoms. The molecule has 0 heterocycles. The molecule has 0 aliphatic carbocycles. The van der Waals surface area contributed by atoms with Gasteiger partial charge in [0.15, 0.2) is 0 Å². The average molecular weight is 247 g/mol. The maximum Gasteiger partial charge on any atom is 0.501 e. The van der Waals surface area contributed by atoms with Gasteiger partial charge in [0.2, 0.25) is 0 Å². The third kappa shape index (κ3) is 5.20. The van der Waals surface area contributed by atoms with Gasteiger partial charge in [-0.1, -0.05) is 0 Å². The molecular formula is C7H16Cl2O3Si. The molecule has 13 heavy (non-hydrogen) atoms. The lowest BCUT2D eigenvalue weighted by Gasteiger charge is -2.26. The number of hydrogen-bond donors (Lipinski definition) is 0. The van der Waals surface area contributed by atoms with E-state index in [1.807, 2.05) is 6.92 Å². The van der Waals surface area contributed by atoms with Gasteiger partial charge in [-0.2, -0.15) is 0 Å². The van der Waals surface area contributed by atoms with E-state index in [0.717, 1.165) is 0 Å². The van der Waals surface area contributed by atoms with Gasteiger partial charge >= 0.3 is 8.80 Å². The van der Waals surface area contributed by atoms with Gasteiger partial charge < -0.3 is 13.3 Å². The van der Waals surface area contributed by atoms with Crippen molar-refractivity contribution in [2.24, 2.45) is 0 Å². The second kappa shape index (κ2) is 8.02. The Labute approximate surface area is 90.6 Å². The summed E-state index contributed by atoms with van der Waals surface area (Å²) in [5.74, 6) is 0.913. The first kappa shape index (κ1) is 13.7. The van der Waals surface area contributed by atoms with Crippen LogP contribution in [0.25, 0.3) is 0 Å². The summed E-state index contributed by atoms with van der Waals surface area (Å²) in [5, 5.41) is 0. The highest BCUT2D eigenvalue weighted by Gasteiger charge is 2.38. The Balaban J connectivity index is 4.07. The summed E-state index contributed by atoms with van der Waals surface area (Å²) in [6.45, 7) is 2.91. The van der Waals surface area contributed by atoms with Gasteiger partial charge in [-0.05, 0) is 6.92 Å². The highest BCUT2D eigenvalue weighted by atomic mass is 35.5. The Morgan fingerprint density at radius 3 is 2.23 bits per heavy atom. The predicted molar refractivity (Wildman–Crippen MR) is 56.6 cm³/mol. The summed E-state index contributed by atoms with van der Waals surface area (Å²) < 4.78 is 16.2. The van der Waals surface area contributed by atoms with E-state index in [-0.39, 0.29) is 0 Å². The molecule has 0 saturated carbocycles. The van der Waals surface area contributed by atoms with Crippen molar-refractivity contribution in [1.29, 1.82) is 0 Å². The van der Waals surface area contributed by atoms with Gasteiger partial charge in [-0.3, -0.25) is 0 Å². The molecule has 0 spiro atoms. The molecular weight excluding hydrogens is 231 g/mol. The van der Waals surface area contributed by atoms with Crippen LogP contribution in [0, 0.1) is 0 Å². The van der Waals surface area contributed by atoms with E-state index in [9.17, 15) is 0 Å². The minimum absolute atomic E-state index is 0.438. The van der Waals surface area contributed by atoms with Crippen molar-refractivity contribution in [2.75, 3.05) is 32.1 Å². The molecule has 80 valence electrons. The molecule has 3 nitrogen and oxygen atoms in total. The van der Waals surface area contributed by atoms with E-state index < -0.39 is 8.80 Å². The largest absolute Gasteiger partial charge is 0.501 e. The quantitative estimate of drug-likeness (QED) is 0.485. The molecule has 0 fully saturated rings. The van der Waals surface area contributed by atoms with Gasteiger partial charge in [-0.25, -0.2) is 0 Å².